The summed E-state index contributed by atoms with van der Waals surface area (Å²) >= 11 is 1.82. The minimum absolute atomic E-state index is 0.127. The molecule has 0 radical (unpaired) electrons. The van der Waals surface area contributed by atoms with Gasteiger partial charge in [-0.15, -0.1) is 11.8 Å². The fraction of sp³-hybridized carbons (Fsp3) is 0.208. The van der Waals surface area contributed by atoms with Crippen LogP contribution in [0.3, 0.4) is 0 Å². The van der Waals surface area contributed by atoms with Gasteiger partial charge in [-0.2, -0.15) is 0 Å². The van der Waals surface area contributed by atoms with Crippen molar-refractivity contribution in [3.63, 3.8) is 0 Å². The Hall–Kier alpha value is -2.52. The second-order valence-electron chi connectivity index (χ2n) is 7.04. The molecule has 0 unspecified atom stereocenters. The molecule has 0 N–H and O–H groups in total. The van der Waals surface area contributed by atoms with Gasteiger partial charge in [-0.1, -0.05) is 54.1 Å². The number of hydrogen-bond donors (Lipinski definition) is 0. The lowest BCUT2D eigenvalue weighted by molar-refractivity contribution is 0.0734. The molecule has 3 aromatic carbocycles. The van der Waals surface area contributed by atoms with Gasteiger partial charge in [0.05, 0.1) is 0 Å². The van der Waals surface area contributed by atoms with Crippen LogP contribution in [-0.2, 0) is 18.7 Å². The van der Waals surface area contributed by atoms with Gasteiger partial charge >= 0.3 is 0 Å². The van der Waals surface area contributed by atoms with Gasteiger partial charge in [0.1, 0.15) is 0 Å². The molecule has 0 atom stereocenters. The van der Waals surface area contributed by atoms with E-state index in [1.807, 2.05) is 34.9 Å². The highest BCUT2D eigenvalue weighted by Crippen LogP contribution is 2.24. The Labute approximate surface area is 165 Å². The summed E-state index contributed by atoms with van der Waals surface area (Å²) in [7, 11) is 0. The average Bonchev–Trinajstić information content (AvgIpc) is 2.73. The van der Waals surface area contributed by atoms with Gasteiger partial charge < -0.3 is 4.90 Å². The van der Waals surface area contributed by atoms with Crippen molar-refractivity contribution in [2.45, 2.75) is 30.5 Å². The molecule has 0 spiro atoms. The van der Waals surface area contributed by atoms with Crippen LogP contribution in [0, 0.1) is 6.92 Å². The van der Waals surface area contributed by atoms with Gasteiger partial charge in [-0.05, 0) is 54.3 Å². The van der Waals surface area contributed by atoms with Gasteiger partial charge in [0.15, 0.2) is 0 Å². The van der Waals surface area contributed by atoms with Crippen LogP contribution < -0.4 is 0 Å². The van der Waals surface area contributed by atoms with Crippen molar-refractivity contribution in [2.24, 2.45) is 0 Å². The second-order valence-corrected chi connectivity index (χ2v) is 8.09. The molecule has 3 aromatic rings. The summed E-state index contributed by atoms with van der Waals surface area (Å²) in [6.45, 7) is 3.60. The molecule has 0 bridgehead atoms. The second kappa shape index (κ2) is 8.01. The topological polar surface area (TPSA) is 20.3 Å². The van der Waals surface area contributed by atoms with E-state index in [1.165, 1.54) is 27.1 Å². The Bertz CT molecular complexity index is 931. The third-order valence-corrected chi connectivity index (χ3v) is 6.13. The number of rotatable bonds is 4. The SMILES string of the molecule is Cc1ccc(SCc2ccc(C(=O)N3CCc4ccccc4C3)cc2)cc1. The van der Waals surface area contributed by atoms with Crippen LogP contribution in [-0.4, -0.2) is 17.4 Å². The third-order valence-electron chi connectivity index (χ3n) is 5.05. The summed E-state index contributed by atoms with van der Waals surface area (Å²) in [5.74, 6) is 1.04. The van der Waals surface area contributed by atoms with E-state index in [1.54, 1.807) is 0 Å². The zero-order valence-electron chi connectivity index (χ0n) is 15.5. The lowest BCUT2D eigenvalue weighted by Gasteiger charge is -2.29. The van der Waals surface area contributed by atoms with Crippen LogP contribution in [0.4, 0.5) is 0 Å². The standard InChI is InChI=1S/C24H23NOS/c1-18-6-12-23(13-7-18)27-17-19-8-10-21(11-9-19)24(26)25-15-14-20-4-2-3-5-22(20)16-25/h2-13H,14-17H2,1H3. The number of fused-ring (bicyclic) bond motifs is 1. The zero-order chi connectivity index (χ0) is 18.6. The Morgan fingerprint density at radius 1 is 0.926 bits per heavy atom. The van der Waals surface area contributed by atoms with Gasteiger partial charge in [0, 0.05) is 29.3 Å². The van der Waals surface area contributed by atoms with E-state index >= 15 is 0 Å². The maximum Gasteiger partial charge on any atom is 0.254 e. The molecular weight excluding hydrogens is 350 g/mol. The Balaban J connectivity index is 1.38. The number of amides is 1. The molecule has 1 aliphatic rings. The van der Waals surface area contributed by atoms with Crippen molar-refractivity contribution >= 4 is 17.7 Å². The van der Waals surface area contributed by atoms with Crippen molar-refractivity contribution in [1.82, 2.24) is 4.90 Å². The number of nitrogens with zero attached hydrogens (tertiary/aromatic N) is 1. The molecule has 0 aliphatic carbocycles. The summed E-state index contributed by atoms with van der Waals surface area (Å²) in [5.41, 5.74) is 5.93. The van der Waals surface area contributed by atoms with E-state index in [4.69, 9.17) is 0 Å². The van der Waals surface area contributed by atoms with E-state index < -0.39 is 0 Å². The Morgan fingerprint density at radius 2 is 1.63 bits per heavy atom. The molecule has 0 aromatic heterocycles. The summed E-state index contributed by atoms with van der Waals surface area (Å²) in [6.07, 6.45) is 0.938. The lowest BCUT2D eigenvalue weighted by atomic mass is 9.99. The van der Waals surface area contributed by atoms with Crippen molar-refractivity contribution in [3.05, 3.63) is 101 Å². The maximum absolute atomic E-state index is 12.9. The van der Waals surface area contributed by atoms with E-state index in [-0.39, 0.29) is 5.91 Å². The first-order chi connectivity index (χ1) is 13.2. The van der Waals surface area contributed by atoms with Gasteiger partial charge in [-0.25, -0.2) is 0 Å². The highest BCUT2D eigenvalue weighted by atomic mass is 32.2. The number of aryl methyl sites for hydroxylation is 1. The third kappa shape index (κ3) is 4.25. The van der Waals surface area contributed by atoms with E-state index in [2.05, 4.69) is 61.5 Å². The number of benzene rings is 3. The van der Waals surface area contributed by atoms with Crippen LogP contribution in [0.2, 0.25) is 0 Å². The number of hydrogen-bond acceptors (Lipinski definition) is 2. The zero-order valence-corrected chi connectivity index (χ0v) is 16.3. The number of carbonyl (C=O) groups is 1. The average molecular weight is 374 g/mol. The minimum Gasteiger partial charge on any atom is -0.334 e. The van der Waals surface area contributed by atoms with Gasteiger partial charge in [0.2, 0.25) is 0 Å². The van der Waals surface area contributed by atoms with Crippen molar-refractivity contribution < 1.29 is 4.79 Å². The highest BCUT2D eigenvalue weighted by Gasteiger charge is 2.21. The predicted octanol–water partition coefficient (Wildman–Crippen LogP) is 5.49. The smallest absolute Gasteiger partial charge is 0.254 e. The summed E-state index contributed by atoms with van der Waals surface area (Å²) in [4.78, 5) is 16.1. The summed E-state index contributed by atoms with van der Waals surface area (Å²) < 4.78 is 0. The molecule has 1 amide bonds. The van der Waals surface area contributed by atoms with Crippen LogP contribution in [0.15, 0.2) is 77.7 Å². The van der Waals surface area contributed by atoms with Crippen LogP contribution in [0.25, 0.3) is 0 Å². The molecule has 4 rings (SSSR count). The first-order valence-corrected chi connectivity index (χ1v) is 10.3. The molecule has 0 saturated carbocycles. The van der Waals surface area contributed by atoms with Crippen LogP contribution in [0.1, 0.15) is 32.6 Å². The van der Waals surface area contributed by atoms with E-state index in [0.29, 0.717) is 6.54 Å². The molecule has 2 nitrogen and oxygen atoms in total. The van der Waals surface area contributed by atoms with Crippen molar-refractivity contribution in [2.75, 3.05) is 6.54 Å². The molecule has 1 aliphatic heterocycles. The first-order valence-electron chi connectivity index (χ1n) is 9.33. The molecule has 3 heteroatoms. The number of carbonyl (C=O) groups excluding carboxylic acids is 1. The normalized spacial score (nSPS) is 13.3. The van der Waals surface area contributed by atoms with Crippen molar-refractivity contribution in [1.29, 1.82) is 0 Å². The van der Waals surface area contributed by atoms with Gasteiger partial charge in [-0.3, -0.25) is 4.79 Å². The monoisotopic (exact) mass is 373 g/mol. The Kier molecular flexibility index (Phi) is 5.30. The minimum atomic E-state index is 0.127. The summed E-state index contributed by atoms with van der Waals surface area (Å²) in [6, 6.07) is 25.1. The quantitative estimate of drug-likeness (QED) is 0.564. The summed E-state index contributed by atoms with van der Waals surface area (Å²) in [5, 5.41) is 0. The molecule has 0 saturated heterocycles. The maximum atomic E-state index is 12.9. The Morgan fingerprint density at radius 3 is 2.37 bits per heavy atom. The van der Waals surface area contributed by atoms with E-state index in [9.17, 15) is 4.79 Å². The predicted molar refractivity (Wildman–Crippen MR) is 112 cm³/mol. The highest BCUT2D eigenvalue weighted by molar-refractivity contribution is 7.98. The largest absolute Gasteiger partial charge is 0.334 e. The molecule has 27 heavy (non-hydrogen) atoms. The van der Waals surface area contributed by atoms with Crippen molar-refractivity contribution in [3.8, 4) is 0 Å². The molecule has 1 heterocycles. The van der Waals surface area contributed by atoms with Crippen LogP contribution >= 0.6 is 11.8 Å². The fourth-order valence-corrected chi connectivity index (χ4v) is 4.25. The van der Waals surface area contributed by atoms with E-state index in [0.717, 1.165) is 24.3 Å². The molecule has 0 fully saturated rings. The van der Waals surface area contributed by atoms with Crippen LogP contribution in [0.5, 0.6) is 0 Å². The molecule has 136 valence electrons. The number of thioether (sulfide) groups is 1. The first kappa shape index (κ1) is 17.9. The fourth-order valence-electron chi connectivity index (χ4n) is 3.40. The molecular formula is C24H23NOS. The lowest BCUT2D eigenvalue weighted by Crippen LogP contribution is -2.35. The van der Waals surface area contributed by atoms with Gasteiger partial charge in [0.25, 0.3) is 5.91 Å².